The van der Waals surface area contributed by atoms with Gasteiger partial charge in [0.25, 0.3) is 0 Å². The Morgan fingerprint density at radius 1 is 1.67 bits per heavy atom. The maximum atomic E-state index is 10.9. The van der Waals surface area contributed by atoms with Crippen LogP contribution >= 0.6 is 0 Å². The zero-order valence-corrected chi connectivity index (χ0v) is 8.63. The van der Waals surface area contributed by atoms with Crippen molar-refractivity contribution in [2.75, 3.05) is 0 Å². The second-order valence-electron chi connectivity index (χ2n) is 4.03. The van der Waals surface area contributed by atoms with Crippen molar-refractivity contribution in [2.45, 2.75) is 37.8 Å². The summed E-state index contributed by atoms with van der Waals surface area (Å²) in [5.74, 6) is 0.827. The van der Waals surface area contributed by atoms with Crippen LogP contribution in [-0.4, -0.2) is 26.7 Å². The Kier molecular flexibility index (Phi) is 2.44. The van der Waals surface area contributed by atoms with Gasteiger partial charge in [-0.3, -0.25) is 4.79 Å². The minimum absolute atomic E-state index is 0.248. The topological polar surface area (TPSA) is 99.8 Å². The van der Waals surface area contributed by atoms with Crippen LogP contribution in [0, 0.1) is 0 Å². The average molecular weight is 209 g/mol. The van der Waals surface area contributed by atoms with E-state index in [0.717, 1.165) is 18.7 Å². The molecule has 6 heteroatoms. The maximum Gasteiger partial charge on any atom is 0.236 e. The molecule has 1 aromatic rings. The Balaban J connectivity index is 2.10. The van der Waals surface area contributed by atoms with Crippen LogP contribution in [0.25, 0.3) is 0 Å². The van der Waals surface area contributed by atoms with Gasteiger partial charge in [-0.15, -0.1) is 0 Å². The molecule has 2 atom stereocenters. The van der Waals surface area contributed by atoms with Crippen LogP contribution in [0.1, 0.15) is 37.5 Å². The molecule has 1 aromatic heterocycles. The lowest BCUT2D eigenvalue weighted by atomic mass is 10.1. The largest absolute Gasteiger partial charge is 0.368 e. The van der Waals surface area contributed by atoms with Gasteiger partial charge in [0.1, 0.15) is 12.4 Å². The third kappa shape index (κ3) is 1.99. The quantitative estimate of drug-likeness (QED) is 0.700. The van der Waals surface area contributed by atoms with Crippen molar-refractivity contribution in [1.82, 2.24) is 14.8 Å². The molecule has 2 rings (SSSR count). The lowest BCUT2D eigenvalue weighted by Crippen LogP contribution is -2.42. The minimum Gasteiger partial charge on any atom is -0.368 e. The van der Waals surface area contributed by atoms with Gasteiger partial charge in [0.05, 0.1) is 6.04 Å². The number of aromatic nitrogens is 3. The highest BCUT2D eigenvalue weighted by atomic mass is 16.1. The number of hydrogen-bond donors (Lipinski definition) is 2. The monoisotopic (exact) mass is 209 g/mol. The van der Waals surface area contributed by atoms with E-state index in [-0.39, 0.29) is 6.04 Å². The third-order valence-corrected chi connectivity index (χ3v) is 2.73. The van der Waals surface area contributed by atoms with Gasteiger partial charge < -0.3 is 11.5 Å². The summed E-state index contributed by atoms with van der Waals surface area (Å²) < 4.78 is 1.61. The van der Waals surface area contributed by atoms with Crippen LogP contribution in [-0.2, 0) is 4.79 Å². The van der Waals surface area contributed by atoms with Gasteiger partial charge in [0.15, 0.2) is 5.82 Å². The highest BCUT2D eigenvalue weighted by Crippen LogP contribution is 2.37. The van der Waals surface area contributed by atoms with E-state index in [1.165, 1.54) is 0 Å². The first-order valence-corrected chi connectivity index (χ1v) is 5.05. The molecule has 1 saturated carbocycles. The molecule has 4 N–H and O–H groups in total. The molecule has 0 bridgehead atoms. The summed E-state index contributed by atoms with van der Waals surface area (Å²) >= 11 is 0. The molecule has 1 amide bonds. The number of nitrogens with two attached hydrogens (primary N) is 2. The summed E-state index contributed by atoms with van der Waals surface area (Å²) in [6, 6.07) is -0.971. The number of carbonyl (C=O) groups excluding carboxylic acids is 1. The first-order valence-electron chi connectivity index (χ1n) is 5.05. The van der Waals surface area contributed by atoms with E-state index >= 15 is 0 Å². The number of amides is 1. The van der Waals surface area contributed by atoms with Gasteiger partial charge in [0, 0.05) is 5.92 Å². The average Bonchev–Trinajstić information content (AvgIpc) is 2.94. The fourth-order valence-corrected chi connectivity index (χ4v) is 1.42. The molecule has 1 heterocycles. The summed E-state index contributed by atoms with van der Waals surface area (Å²) in [5.41, 5.74) is 10.8. The van der Waals surface area contributed by atoms with E-state index in [1.54, 1.807) is 17.9 Å². The molecule has 1 fully saturated rings. The van der Waals surface area contributed by atoms with E-state index in [1.807, 2.05) is 0 Å². The first-order chi connectivity index (χ1) is 7.09. The zero-order chi connectivity index (χ0) is 11.0. The molecule has 0 aliphatic heterocycles. The molecular weight excluding hydrogens is 194 g/mol. The lowest BCUT2D eigenvalue weighted by molar-refractivity contribution is -0.120. The van der Waals surface area contributed by atoms with Crippen molar-refractivity contribution < 1.29 is 4.79 Å². The highest BCUT2D eigenvalue weighted by molar-refractivity contribution is 5.80. The Morgan fingerprint density at radius 2 is 2.33 bits per heavy atom. The van der Waals surface area contributed by atoms with E-state index in [4.69, 9.17) is 11.5 Å². The van der Waals surface area contributed by atoms with Gasteiger partial charge in [-0.25, -0.2) is 9.67 Å². The first kappa shape index (κ1) is 10.1. The Morgan fingerprint density at radius 3 is 2.87 bits per heavy atom. The van der Waals surface area contributed by atoms with Crippen LogP contribution in [0.2, 0.25) is 0 Å². The number of primary amides is 1. The lowest BCUT2D eigenvalue weighted by Gasteiger charge is -2.16. The third-order valence-electron chi connectivity index (χ3n) is 2.73. The van der Waals surface area contributed by atoms with Crippen molar-refractivity contribution >= 4 is 5.91 Å². The van der Waals surface area contributed by atoms with Crippen molar-refractivity contribution in [3.63, 3.8) is 0 Å². The van der Waals surface area contributed by atoms with Crippen molar-refractivity contribution in [3.8, 4) is 0 Å². The Hall–Kier alpha value is -1.43. The van der Waals surface area contributed by atoms with Gasteiger partial charge >= 0.3 is 0 Å². The van der Waals surface area contributed by atoms with Gasteiger partial charge in [-0.1, -0.05) is 0 Å². The van der Waals surface area contributed by atoms with Crippen LogP contribution in [0.4, 0.5) is 0 Å². The predicted octanol–water partition coefficient (Wildman–Crippen LogP) is -0.471. The molecule has 82 valence electrons. The molecule has 0 spiro atoms. The smallest absolute Gasteiger partial charge is 0.236 e. The number of hydrogen-bond acceptors (Lipinski definition) is 4. The van der Waals surface area contributed by atoms with Crippen LogP contribution in [0.5, 0.6) is 0 Å². The fraction of sp³-hybridized carbons (Fsp3) is 0.667. The normalized spacial score (nSPS) is 19.9. The summed E-state index contributed by atoms with van der Waals surface area (Å²) in [6.45, 7) is 1.81. The maximum absolute atomic E-state index is 10.9. The molecule has 2 unspecified atom stereocenters. The molecule has 15 heavy (non-hydrogen) atoms. The molecular formula is C9H15N5O. The van der Waals surface area contributed by atoms with Crippen LogP contribution in [0.3, 0.4) is 0 Å². The number of carbonyl (C=O) groups is 1. The second kappa shape index (κ2) is 3.62. The highest BCUT2D eigenvalue weighted by Gasteiger charge is 2.29. The summed E-state index contributed by atoms with van der Waals surface area (Å²) in [6.07, 6.45) is 3.92. The molecule has 0 aromatic carbocycles. The molecule has 0 radical (unpaired) electrons. The molecule has 1 aliphatic rings. The number of nitrogens with zero attached hydrogens (tertiary/aromatic N) is 3. The van der Waals surface area contributed by atoms with Crippen molar-refractivity contribution in [3.05, 3.63) is 12.2 Å². The zero-order valence-electron chi connectivity index (χ0n) is 8.63. The Bertz CT molecular complexity index is 370. The summed E-state index contributed by atoms with van der Waals surface area (Å²) in [7, 11) is 0. The SMILES string of the molecule is CC(C(N)C(N)=O)n1cnc(C2CC2)n1. The van der Waals surface area contributed by atoms with Gasteiger partial charge in [-0.05, 0) is 19.8 Å². The minimum atomic E-state index is -0.723. The second-order valence-corrected chi connectivity index (χ2v) is 4.03. The summed E-state index contributed by atoms with van der Waals surface area (Å²) in [4.78, 5) is 15.1. The van der Waals surface area contributed by atoms with E-state index in [9.17, 15) is 4.79 Å². The standard InChI is InChI=1S/C9H15N5O/c1-5(7(10)8(11)15)14-4-12-9(13-14)6-2-3-6/h4-7H,2-3,10H2,1H3,(H2,11,15). The van der Waals surface area contributed by atoms with Gasteiger partial charge in [-0.2, -0.15) is 5.10 Å². The number of rotatable bonds is 4. The summed E-state index contributed by atoms with van der Waals surface area (Å²) in [5, 5.41) is 4.29. The van der Waals surface area contributed by atoms with Crippen LogP contribution < -0.4 is 11.5 Å². The van der Waals surface area contributed by atoms with E-state index in [2.05, 4.69) is 10.1 Å². The van der Waals surface area contributed by atoms with Crippen molar-refractivity contribution in [2.24, 2.45) is 11.5 Å². The molecule has 6 nitrogen and oxygen atoms in total. The van der Waals surface area contributed by atoms with Crippen molar-refractivity contribution in [1.29, 1.82) is 0 Å². The van der Waals surface area contributed by atoms with Gasteiger partial charge in [0.2, 0.25) is 5.91 Å². The van der Waals surface area contributed by atoms with E-state index in [0.29, 0.717) is 5.92 Å². The predicted molar refractivity (Wildman–Crippen MR) is 53.9 cm³/mol. The fourth-order valence-electron chi connectivity index (χ4n) is 1.42. The van der Waals surface area contributed by atoms with E-state index < -0.39 is 11.9 Å². The molecule has 0 saturated heterocycles. The Labute approximate surface area is 87.6 Å². The van der Waals surface area contributed by atoms with Crippen LogP contribution in [0.15, 0.2) is 6.33 Å². The molecule has 1 aliphatic carbocycles.